The molecule has 0 aromatic heterocycles. The fourth-order valence-corrected chi connectivity index (χ4v) is 7.26. The van der Waals surface area contributed by atoms with Gasteiger partial charge in [-0.25, -0.2) is 0 Å². The van der Waals surface area contributed by atoms with Gasteiger partial charge in [0.05, 0.1) is 6.10 Å². The average Bonchev–Trinajstić information content (AvgIpc) is 3.11. The fraction of sp³-hybridized carbons (Fsp3) is 0.767. The van der Waals surface area contributed by atoms with E-state index in [0.29, 0.717) is 29.6 Å². The van der Waals surface area contributed by atoms with Crippen LogP contribution in [0.2, 0.25) is 0 Å². The van der Waals surface area contributed by atoms with Crippen LogP contribution in [0.25, 0.3) is 0 Å². The van der Waals surface area contributed by atoms with E-state index in [4.69, 9.17) is 4.74 Å². The van der Waals surface area contributed by atoms with E-state index >= 15 is 0 Å². The number of hydrogen-bond donors (Lipinski definition) is 1. The predicted octanol–water partition coefficient (Wildman–Crippen LogP) is 7.93. The molecule has 3 saturated carbocycles. The monoisotopic (exact) mass is 534 g/mol. The number of aliphatic hydroxyl groups is 1. The molecule has 2 unspecified atom stereocenters. The minimum Gasteiger partial charge on any atom is -0.461 e. The van der Waals surface area contributed by atoms with Gasteiger partial charge < -0.3 is 9.84 Å². The summed E-state index contributed by atoms with van der Waals surface area (Å²) < 4.78 is 5.51. The third-order valence-corrected chi connectivity index (χ3v) is 9.42. The van der Waals surface area contributed by atoms with Crippen molar-refractivity contribution in [2.24, 2.45) is 28.6 Å². The molecule has 3 rings (SSSR count). The van der Waals surface area contributed by atoms with Crippen molar-refractivity contribution in [1.29, 1.82) is 0 Å². The van der Waals surface area contributed by atoms with Crippen LogP contribution in [0.15, 0.2) is 35.5 Å². The van der Waals surface area contributed by atoms with E-state index in [1.165, 1.54) is 51.4 Å². The summed E-state index contributed by atoms with van der Waals surface area (Å²) >= 11 is 3.16. The molecule has 0 bridgehead atoms. The molecule has 6 atom stereocenters. The van der Waals surface area contributed by atoms with Gasteiger partial charge in [-0.3, -0.25) is 4.79 Å². The van der Waals surface area contributed by atoms with Crippen molar-refractivity contribution in [3.05, 3.63) is 35.5 Å². The maximum atomic E-state index is 11.7. The Hall–Kier alpha value is -0.870. The van der Waals surface area contributed by atoms with Crippen LogP contribution in [-0.4, -0.2) is 28.6 Å². The first-order valence-electron chi connectivity index (χ1n) is 13.5. The highest BCUT2D eigenvalue weighted by Gasteiger charge is 2.50. The highest BCUT2D eigenvalue weighted by atomic mass is 79.9. The molecule has 0 spiro atoms. The van der Waals surface area contributed by atoms with Crippen LogP contribution in [0.1, 0.15) is 98.8 Å². The topological polar surface area (TPSA) is 46.5 Å². The minimum absolute atomic E-state index is 0.180. The summed E-state index contributed by atoms with van der Waals surface area (Å²) in [5.74, 6) is 1.98. The molecule has 0 amide bonds. The second-order valence-electron chi connectivity index (χ2n) is 12.7. The van der Waals surface area contributed by atoms with Crippen LogP contribution < -0.4 is 0 Å². The zero-order valence-electron chi connectivity index (χ0n) is 22.2. The lowest BCUT2D eigenvalue weighted by atomic mass is 9.60. The molecule has 0 aromatic carbocycles. The zero-order valence-corrected chi connectivity index (χ0v) is 23.8. The molecule has 1 N–H and O–H groups in total. The van der Waals surface area contributed by atoms with Gasteiger partial charge in [0.1, 0.15) is 11.4 Å². The van der Waals surface area contributed by atoms with Crippen LogP contribution in [0.5, 0.6) is 0 Å². The Morgan fingerprint density at radius 3 is 2.74 bits per heavy atom. The number of fused-ring (bicyclic) bond motifs is 1. The van der Waals surface area contributed by atoms with E-state index in [-0.39, 0.29) is 17.4 Å². The highest BCUT2D eigenvalue weighted by molar-refractivity contribution is 9.09. The Balaban J connectivity index is 1.71. The Morgan fingerprint density at radius 1 is 1.32 bits per heavy atom. The number of ether oxygens (including phenoxy) is 1. The van der Waals surface area contributed by atoms with Gasteiger partial charge in [-0.1, -0.05) is 87.7 Å². The number of esters is 1. The van der Waals surface area contributed by atoms with Gasteiger partial charge in [0, 0.05) is 12.8 Å². The quantitative estimate of drug-likeness (QED) is 0.266. The molecule has 34 heavy (non-hydrogen) atoms. The Morgan fingerprint density at radius 2 is 2.06 bits per heavy atom. The average molecular weight is 536 g/mol. The first kappa shape index (κ1) is 27.7. The summed E-state index contributed by atoms with van der Waals surface area (Å²) in [6, 6.07) is 0. The van der Waals surface area contributed by atoms with Gasteiger partial charge in [0.15, 0.2) is 0 Å². The van der Waals surface area contributed by atoms with E-state index in [9.17, 15) is 9.90 Å². The number of allylic oxidation sites excluding steroid dienone is 3. The third-order valence-electron chi connectivity index (χ3n) is 8.97. The van der Waals surface area contributed by atoms with Crippen LogP contribution in [0.4, 0.5) is 0 Å². The second-order valence-corrected chi connectivity index (χ2v) is 13.2. The van der Waals surface area contributed by atoms with Gasteiger partial charge in [-0.2, -0.15) is 0 Å². The molecule has 0 aliphatic heterocycles. The molecular formula is C30H47BrO3. The first-order valence-corrected chi connectivity index (χ1v) is 14.6. The third kappa shape index (κ3) is 6.66. The van der Waals surface area contributed by atoms with Gasteiger partial charge in [-0.05, 0) is 78.3 Å². The summed E-state index contributed by atoms with van der Waals surface area (Å²) in [5.41, 5.74) is 4.21. The Bertz CT molecular complexity index is 804. The lowest BCUT2D eigenvalue weighted by Gasteiger charge is -2.44. The molecule has 0 heterocycles. The van der Waals surface area contributed by atoms with E-state index in [2.05, 4.69) is 69.3 Å². The van der Waals surface area contributed by atoms with Crippen molar-refractivity contribution in [3.63, 3.8) is 0 Å². The highest BCUT2D eigenvalue weighted by Crippen LogP contribution is 2.60. The molecule has 0 aromatic rings. The number of carbonyl (C=O) groups is 1. The first-order chi connectivity index (χ1) is 15.9. The van der Waals surface area contributed by atoms with Crippen LogP contribution in [0, 0.1) is 28.6 Å². The van der Waals surface area contributed by atoms with Gasteiger partial charge in [-0.15, -0.1) is 0 Å². The molecule has 4 heteroatoms. The minimum atomic E-state index is -0.645. The van der Waals surface area contributed by atoms with E-state index in [0.717, 1.165) is 23.0 Å². The molecule has 192 valence electrons. The van der Waals surface area contributed by atoms with Gasteiger partial charge in [0.25, 0.3) is 0 Å². The SMILES string of the molecule is C=C1/C(=C\C=C2/CCC[C@@]3(C)C2CC[C@@H]3[C@H](C)CCCC(C)(C)C)C[C@@H](OC(=O)CBr)CC1O. The molecule has 3 aliphatic rings. The number of alkyl halides is 1. The summed E-state index contributed by atoms with van der Waals surface area (Å²) in [4.78, 5) is 11.7. The van der Waals surface area contributed by atoms with Gasteiger partial charge >= 0.3 is 5.97 Å². The van der Waals surface area contributed by atoms with Crippen LogP contribution in [-0.2, 0) is 9.53 Å². The van der Waals surface area contributed by atoms with Crippen molar-refractivity contribution >= 4 is 21.9 Å². The largest absolute Gasteiger partial charge is 0.461 e. The van der Waals surface area contributed by atoms with E-state index < -0.39 is 6.10 Å². The Kier molecular flexibility index (Phi) is 9.34. The summed E-state index contributed by atoms with van der Waals surface area (Å²) in [6.07, 6.45) is 15.1. The van der Waals surface area contributed by atoms with Crippen molar-refractivity contribution in [1.82, 2.24) is 0 Å². The van der Waals surface area contributed by atoms with Crippen molar-refractivity contribution < 1.29 is 14.6 Å². The maximum absolute atomic E-state index is 11.7. The molecule has 0 radical (unpaired) electrons. The second kappa shape index (κ2) is 11.5. The molecule has 3 nitrogen and oxygen atoms in total. The lowest BCUT2D eigenvalue weighted by Crippen LogP contribution is -2.36. The lowest BCUT2D eigenvalue weighted by molar-refractivity contribution is -0.147. The van der Waals surface area contributed by atoms with Crippen LogP contribution in [0.3, 0.4) is 0 Å². The predicted molar refractivity (Wildman–Crippen MR) is 145 cm³/mol. The fourth-order valence-electron chi connectivity index (χ4n) is 7.12. The summed E-state index contributed by atoms with van der Waals surface area (Å²) in [7, 11) is 0. The number of hydrogen-bond acceptors (Lipinski definition) is 3. The molecule has 0 saturated heterocycles. The molecule has 3 fully saturated rings. The number of aliphatic hydroxyl groups excluding tert-OH is 1. The normalized spacial score (nSPS) is 35.4. The summed E-state index contributed by atoms with van der Waals surface area (Å²) in [5, 5.41) is 10.7. The van der Waals surface area contributed by atoms with Gasteiger partial charge in [0.2, 0.25) is 0 Å². The maximum Gasteiger partial charge on any atom is 0.316 e. The van der Waals surface area contributed by atoms with Crippen molar-refractivity contribution in [2.75, 3.05) is 5.33 Å². The van der Waals surface area contributed by atoms with Crippen LogP contribution >= 0.6 is 15.9 Å². The molecule has 3 aliphatic carbocycles. The number of carbonyl (C=O) groups excluding carboxylic acids is 1. The Labute approximate surface area is 216 Å². The van der Waals surface area contributed by atoms with E-state index in [1.54, 1.807) is 5.57 Å². The smallest absolute Gasteiger partial charge is 0.316 e. The van der Waals surface area contributed by atoms with Crippen molar-refractivity contribution in [2.45, 2.75) is 111 Å². The molecular weight excluding hydrogens is 488 g/mol. The standard InChI is InChI=1S/C30H47BrO3/c1-20(9-7-15-29(3,4)5)25-13-14-26-22(10-8-16-30(25,26)6)11-12-23-17-24(34-28(33)19-31)18-27(32)21(23)2/h11-12,20,24-27,32H,2,7-10,13-19H2,1,3-6H3/b22-11+,23-12-/t20-,24-,25-,26?,27?,30-/m1/s1. The summed E-state index contributed by atoms with van der Waals surface area (Å²) in [6.45, 7) is 16.3. The zero-order chi connectivity index (χ0) is 25.1. The number of rotatable bonds is 7. The van der Waals surface area contributed by atoms with Crippen molar-refractivity contribution in [3.8, 4) is 0 Å². The van der Waals surface area contributed by atoms with E-state index in [1.807, 2.05) is 0 Å². The number of halogens is 1.